The molecule has 7 nitrogen and oxygen atoms in total. The minimum atomic E-state index is -0.850. The molecule has 0 radical (unpaired) electrons. The molecule has 1 saturated heterocycles. The first-order chi connectivity index (χ1) is 12.1. The van der Waals surface area contributed by atoms with E-state index in [4.69, 9.17) is 14.2 Å². The lowest BCUT2D eigenvalue weighted by atomic mass is 10.1. The van der Waals surface area contributed by atoms with E-state index >= 15 is 0 Å². The molecule has 25 heavy (non-hydrogen) atoms. The van der Waals surface area contributed by atoms with Crippen LogP contribution in [-0.2, 0) is 25.5 Å². The lowest BCUT2D eigenvalue weighted by Gasteiger charge is -2.26. The summed E-state index contributed by atoms with van der Waals surface area (Å²) in [5.74, 6) is -0.846. The van der Waals surface area contributed by atoms with Gasteiger partial charge in [0.05, 0.1) is 25.4 Å². The maximum atomic E-state index is 12.1. The Balaban J connectivity index is 1.81. The number of ether oxygens (including phenoxy) is 3. The van der Waals surface area contributed by atoms with E-state index in [2.05, 4.69) is 10.2 Å². The monoisotopic (exact) mass is 350 g/mol. The van der Waals surface area contributed by atoms with Crippen molar-refractivity contribution in [3.8, 4) is 0 Å². The Bertz CT molecular complexity index is 555. The van der Waals surface area contributed by atoms with Crippen LogP contribution in [0, 0.1) is 0 Å². The van der Waals surface area contributed by atoms with Crippen LogP contribution in [0.25, 0.3) is 0 Å². The van der Waals surface area contributed by atoms with Gasteiger partial charge in [-0.3, -0.25) is 9.69 Å². The number of esters is 1. The Morgan fingerprint density at radius 2 is 1.92 bits per heavy atom. The Hall–Kier alpha value is -1.96. The van der Waals surface area contributed by atoms with Crippen LogP contribution in [0.3, 0.4) is 0 Å². The van der Waals surface area contributed by atoms with Crippen molar-refractivity contribution in [3.05, 3.63) is 35.4 Å². The summed E-state index contributed by atoms with van der Waals surface area (Å²) in [7, 11) is 1.55. The van der Waals surface area contributed by atoms with Crippen LogP contribution in [0.1, 0.15) is 22.8 Å². The van der Waals surface area contributed by atoms with Crippen molar-refractivity contribution in [2.24, 2.45) is 0 Å². The van der Waals surface area contributed by atoms with Crippen molar-refractivity contribution >= 4 is 11.9 Å². The SMILES string of the molecule is COCCNC(=O)[C@H](C)OC(=O)c1ccc(CN2CCOCC2)cc1. The highest BCUT2D eigenvalue weighted by Gasteiger charge is 2.18. The number of nitrogens with one attached hydrogen (secondary N) is 1. The molecule has 1 aliphatic heterocycles. The van der Waals surface area contributed by atoms with Gasteiger partial charge in [-0.2, -0.15) is 0 Å². The van der Waals surface area contributed by atoms with E-state index in [-0.39, 0.29) is 5.91 Å². The average Bonchev–Trinajstić information content (AvgIpc) is 2.63. The van der Waals surface area contributed by atoms with Crippen LogP contribution in [-0.4, -0.2) is 69.4 Å². The number of methoxy groups -OCH3 is 1. The van der Waals surface area contributed by atoms with Gasteiger partial charge in [-0.05, 0) is 24.6 Å². The molecule has 0 spiro atoms. The molecule has 0 aromatic heterocycles. The summed E-state index contributed by atoms with van der Waals surface area (Å²) in [6, 6.07) is 7.28. The maximum Gasteiger partial charge on any atom is 0.338 e. The van der Waals surface area contributed by atoms with Crippen LogP contribution in [0.15, 0.2) is 24.3 Å². The summed E-state index contributed by atoms with van der Waals surface area (Å²) in [5.41, 5.74) is 1.56. The number of morpholine rings is 1. The third kappa shape index (κ3) is 6.45. The fourth-order valence-corrected chi connectivity index (χ4v) is 2.47. The number of benzene rings is 1. The van der Waals surface area contributed by atoms with Crippen molar-refractivity contribution in [2.45, 2.75) is 19.6 Å². The Morgan fingerprint density at radius 3 is 2.56 bits per heavy atom. The molecule has 1 fully saturated rings. The smallest absolute Gasteiger partial charge is 0.338 e. The first kappa shape index (κ1) is 19.4. The van der Waals surface area contributed by atoms with Crippen LogP contribution in [0.5, 0.6) is 0 Å². The maximum absolute atomic E-state index is 12.1. The highest BCUT2D eigenvalue weighted by Crippen LogP contribution is 2.11. The standard InChI is InChI=1S/C18H26N2O5/c1-14(17(21)19-7-10-23-2)25-18(22)16-5-3-15(4-6-16)13-20-8-11-24-12-9-20/h3-6,14H,7-13H2,1-2H3,(H,19,21)/t14-/m0/s1. The number of carbonyl (C=O) groups excluding carboxylic acids is 2. The molecule has 0 bridgehead atoms. The molecule has 0 saturated carbocycles. The number of hydrogen-bond donors (Lipinski definition) is 1. The Morgan fingerprint density at radius 1 is 1.24 bits per heavy atom. The average molecular weight is 350 g/mol. The number of hydrogen-bond acceptors (Lipinski definition) is 6. The van der Waals surface area contributed by atoms with E-state index in [9.17, 15) is 9.59 Å². The second-order valence-corrected chi connectivity index (χ2v) is 5.92. The van der Waals surface area contributed by atoms with Crippen LogP contribution < -0.4 is 5.32 Å². The molecule has 7 heteroatoms. The van der Waals surface area contributed by atoms with E-state index < -0.39 is 12.1 Å². The fraction of sp³-hybridized carbons (Fsp3) is 0.556. The first-order valence-electron chi connectivity index (χ1n) is 8.47. The molecule has 0 aliphatic carbocycles. The molecule has 1 aliphatic rings. The molecule has 2 rings (SSSR count). The van der Waals surface area contributed by atoms with Gasteiger partial charge in [0.1, 0.15) is 0 Å². The van der Waals surface area contributed by atoms with Gasteiger partial charge in [0.2, 0.25) is 0 Å². The summed E-state index contributed by atoms with van der Waals surface area (Å²) in [5, 5.41) is 2.64. The minimum absolute atomic E-state index is 0.339. The molecule has 1 amide bonds. The quantitative estimate of drug-likeness (QED) is 0.553. The zero-order valence-corrected chi connectivity index (χ0v) is 14.8. The molecule has 1 atom stereocenters. The lowest BCUT2D eigenvalue weighted by molar-refractivity contribution is -0.129. The van der Waals surface area contributed by atoms with Gasteiger partial charge in [-0.25, -0.2) is 4.79 Å². The van der Waals surface area contributed by atoms with Crippen molar-refractivity contribution in [1.29, 1.82) is 0 Å². The van der Waals surface area contributed by atoms with Crippen LogP contribution in [0.4, 0.5) is 0 Å². The number of rotatable bonds is 8. The topological polar surface area (TPSA) is 77.1 Å². The molecule has 1 aromatic carbocycles. The summed E-state index contributed by atoms with van der Waals surface area (Å²) in [6.45, 7) is 6.52. The first-order valence-corrected chi connectivity index (χ1v) is 8.47. The number of amides is 1. The third-order valence-electron chi connectivity index (χ3n) is 3.96. The molecule has 1 N–H and O–H groups in total. The molecule has 138 valence electrons. The van der Waals surface area contributed by atoms with Gasteiger partial charge >= 0.3 is 5.97 Å². The van der Waals surface area contributed by atoms with E-state index in [1.807, 2.05) is 12.1 Å². The predicted molar refractivity (Wildman–Crippen MR) is 92.3 cm³/mol. The van der Waals surface area contributed by atoms with Gasteiger partial charge in [-0.1, -0.05) is 12.1 Å². The number of carbonyl (C=O) groups is 2. The third-order valence-corrected chi connectivity index (χ3v) is 3.96. The largest absolute Gasteiger partial charge is 0.449 e. The molecular weight excluding hydrogens is 324 g/mol. The van der Waals surface area contributed by atoms with E-state index in [0.717, 1.165) is 38.4 Å². The van der Waals surface area contributed by atoms with Crippen molar-refractivity contribution < 1.29 is 23.8 Å². The lowest BCUT2D eigenvalue weighted by Crippen LogP contribution is -2.37. The summed E-state index contributed by atoms with van der Waals surface area (Å²) < 4.78 is 15.4. The second kappa shape index (κ2) is 10.1. The summed E-state index contributed by atoms with van der Waals surface area (Å²) in [6.07, 6.45) is -0.850. The van der Waals surface area contributed by atoms with Gasteiger partial charge in [0, 0.05) is 33.3 Å². The predicted octanol–water partition coefficient (Wildman–Crippen LogP) is 0.827. The Kier molecular flexibility index (Phi) is 7.84. The molecular formula is C18H26N2O5. The zero-order chi connectivity index (χ0) is 18.1. The van der Waals surface area contributed by atoms with Crippen molar-refractivity contribution in [1.82, 2.24) is 10.2 Å². The van der Waals surface area contributed by atoms with Crippen molar-refractivity contribution in [3.63, 3.8) is 0 Å². The van der Waals surface area contributed by atoms with Crippen LogP contribution >= 0.6 is 0 Å². The summed E-state index contributed by atoms with van der Waals surface area (Å²) >= 11 is 0. The second-order valence-electron chi connectivity index (χ2n) is 5.92. The van der Waals surface area contributed by atoms with Gasteiger partial charge in [0.25, 0.3) is 5.91 Å². The van der Waals surface area contributed by atoms with E-state index in [1.165, 1.54) is 0 Å². The Labute approximate surface area is 148 Å². The van der Waals surface area contributed by atoms with E-state index in [0.29, 0.717) is 18.7 Å². The highest BCUT2D eigenvalue weighted by molar-refractivity contribution is 5.92. The van der Waals surface area contributed by atoms with E-state index in [1.54, 1.807) is 26.2 Å². The molecule has 0 unspecified atom stereocenters. The van der Waals surface area contributed by atoms with Crippen molar-refractivity contribution in [2.75, 3.05) is 46.6 Å². The van der Waals surface area contributed by atoms with Crippen LogP contribution in [0.2, 0.25) is 0 Å². The zero-order valence-electron chi connectivity index (χ0n) is 14.8. The minimum Gasteiger partial charge on any atom is -0.449 e. The molecule has 1 aromatic rings. The summed E-state index contributed by atoms with van der Waals surface area (Å²) in [4.78, 5) is 26.2. The van der Waals surface area contributed by atoms with Gasteiger partial charge < -0.3 is 19.5 Å². The highest BCUT2D eigenvalue weighted by atomic mass is 16.5. The fourth-order valence-electron chi connectivity index (χ4n) is 2.47. The normalized spacial score (nSPS) is 16.2. The van der Waals surface area contributed by atoms with Gasteiger partial charge in [0.15, 0.2) is 6.10 Å². The molecule has 1 heterocycles. The number of nitrogens with zero attached hydrogens (tertiary/aromatic N) is 1. The van der Waals surface area contributed by atoms with Gasteiger partial charge in [-0.15, -0.1) is 0 Å².